The summed E-state index contributed by atoms with van der Waals surface area (Å²) in [5, 5.41) is 2.81. The molecule has 0 aliphatic heterocycles. The van der Waals surface area contributed by atoms with Crippen LogP contribution in [0, 0.1) is 6.92 Å². The number of benzene rings is 1. The number of aromatic nitrogens is 2. The van der Waals surface area contributed by atoms with Crippen LogP contribution in [0.15, 0.2) is 53.1 Å². The molecular formula is C17H13N3O2S. The van der Waals surface area contributed by atoms with Gasteiger partial charge in [-0.1, -0.05) is 0 Å². The topological polar surface area (TPSA) is 70.9 Å². The molecule has 5 nitrogen and oxygen atoms in total. The second kappa shape index (κ2) is 5.40. The molecule has 0 aliphatic carbocycles. The summed E-state index contributed by atoms with van der Waals surface area (Å²) in [6, 6.07) is 13.0. The number of imidazole rings is 1. The fourth-order valence-corrected chi connectivity index (χ4v) is 3.18. The van der Waals surface area contributed by atoms with Crippen LogP contribution in [-0.2, 0) is 0 Å². The number of carbonyl (C=O) groups excluding carboxylic acids is 1. The van der Waals surface area contributed by atoms with E-state index >= 15 is 0 Å². The van der Waals surface area contributed by atoms with Gasteiger partial charge < -0.3 is 14.7 Å². The molecule has 1 aromatic carbocycles. The second-order valence-corrected chi connectivity index (χ2v) is 6.45. The number of carbonyl (C=O) groups is 1. The van der Waals surface area contributed by atoms with Gasteiger partial charge in [-0.05, 0) is 49.4 Å². The van der Waals surface area contributed by atoms with Crippen molar-refractivity contribution in [1.29, 1.82) is 0 Å². The number of fused-ring (bicyclic) bond motifs is 1. The van der Waals surface area contributed by atoms with Crippen LogP contribution in [0.3, 0.4) is 0 Å². The average molecular weight is 323 g/mol. The Hall–Kier alpha value is -2.86. The molecule has 0 radical (unpaired) electrons. The molecule has 0 saturated heterocycles. The van der Waals surface area contributed by atoms with Crippen LogP contribution in [0.1, 0.15) is 15.4 Å². The van der Waals surface area contributed by atoms with Crippen molar-refractivity contribution >= 4 is 34.0 Å². The van der Waals surface area contributed by atoms with Gasteiger partial charge >= 0.3 is 0 Å². The predicted molar refractivity (Wildman–Crippen MR) is 90.8 cm³/mol. The van der Waals surface area contributed by atoms with Crippen molar-refractivity contribution in [1.82, 2.24) is 9.97 Å². The fraction of sp³-hybridized carbons (Fsp3) is 0.0588. The molecule has 0 fully saturated rings. The molecule has 0 spiro atoms. The number of hydrogen-bond donors (Lipinski definition) is 2. The van der Waals surface area contributed by atoms with E-state index in [0.29, 0.717) is 5.69 Å². The van der Waals surface area contributed by atoms with Crippen LogP contribution in [0.4, 0.5) is 5.69 Å². The van der Waals surface area contributed by atoms with Gasteiger partial charge in [0.15, 0.2) is 5.76 Å². The van der Waals surface area contributed by atoms with Crippen molar-refractivity contribution in [2.24, 2.45) is 0 Å². The number of rotatable bonds is 3. The quantitative estimate of drug-likeness (QED) is 0.585. The van der Waals surface area contributed by atoms with E-state index in [2.05, 4.69) is 34.3 Å². The number of furan rings is 1. The Morgan fingerprint density at radius 2 is 2.17 bits per heavy atom. The number of H-pyrrole nitrogens is 1. The number of anilines is 1. The molecular weight excluding hydrogens is 310 g/mol. The van der Waals surface area contributed by atoms with Gasteiger partial charge in [0.2, 0.25) is 0 Å². The van der Waals surface area contributed by atoms with Gasteiger partial charge in [-0.3, -0.25) is 4.79 Å². The first-order chi connectivity index (χ1) is 11.2. The van der Waals surface area contributed by atoms with E-state index in [1.54, 1.807) is 23.5 Å². The first-order valence-electron chi connectivity index (χ1n) is 7.10. The maximum atomic E-state index is 12.0. The van der Waals surface area contributed by atoms with Gasteiger partial charge in [-0.2, -0.15) is 0 Å². The lowest BCUT2D eigenvalue weighted by Gasteiger charge is -2.02. The Labute approximate surface area is 136 Å². The van der Waals surface area contributed by atoms with Gasteiger partial charge in [0, 0.05) is 10.6 Å². The summed E-state index contributed by atoms with van der Waals surface area (Å²) in [7, 11) is 0. The Balaban J connectivity index is 1.64. The number of aromatic amines is 1. The molecule has 3 aromatic heterocycles. The van der Waals surface area contributed by atoms with Gasteiger partial charge in [-0.15, -0.1) is 11.3 Å². The molecule has 6 heteroatoms. The van der Waals surface area contributed by atoms with Crippen LogP contribution in [-0.4, -0.2) is 15.9 Å². The molecule has 0 bridgehead atoms. The van der Waals surface area contributed by atoms with Crippen molar-refractivity contribution in [3.63, 3.8) is 0 Å². The molecule has 0 aliphatic rings. The smallest absolute Gasteiger partial charge is 0.291 e. The number of nitrogens with one attached hydrogen (secondary N) is 2. The number of amides is 1. The molecule has 0 saturated carbocycles. The first kappa shape index (κ1) is 13.8. The molecule has 2 N–H and O–H groups in total. The number of hydrogen-bond acceptors (Lipinski definition) is 4. The molecule has 23 heavy (non-hydrogen) atoms. The highest BCUT2D eigenvalue weighted by molar-refractivity contribution is 7.15. The van der Waals surface area contributed by atoms with Crippen LogP contribution >= 0.6 is 11.3 Å². The van der Waals surface area contributed by atoms with Gasteiger partial charge in [0.05, 0.1) is 22.2 Å². The third-order valence-corrected chi connectivity index (χ3v) is 4.47. The summed E-state index contributed by atoms with van der Waals surface area (Å²) in [6.07, 6.45) is 1.47. The van der Waals surface area contributed by atoms with Crippen LogP contribution in [0.5, 0.6) is 0 Å². The lowest BCUT2D eigenvalue weighted by atomic mass is 10.2. The van der Waals surface area contributed by atoms with E-state index < -0.39 is 0 Å². The van der Waals surface area contributed by atoms with Gasteiger partial charge in [-0.25, -0.2) is 4.98 Å². The SMILES string of the molecule is Cc1ccc(-c2nc3ccc(NC(=O)c4ccco4)cc3[nH]2)s1. The van der Waals surface area contributed by atoms with Crippen molar-refractivity contribution in [2.75, 3.05) is 5.32 Å². The average Bonchev–Trinajstić information content (AvgIpc) is 3.26. The van der Waals surface area contributed by atoms with Crippen molar-refractivity contribution < 1.29 is 9.21 Å². The summed E-state index contributed by atoms with van der Waals surface area (Å²) < 4.78 is 5.09. The van der Waals surface area contributed by atoms with Crippen LogP contribution in [0.2, 0.25) is 0 Å². The van der Waals surface area contributed by atoms with E-state index in [1.807, 2.05) is 18.2 Å². The monoisotopic (exact) mass is 323 g/mol. The standard InChI is InChI=1S/C17H13N3O2S/c1-10-4-7-15(23-10)16-19-12-6-5-11(9-13(12)20-16)18-17(21)14-3-2-8-22-14/h2-9H,1H3,(H,18,21)(H,19,20). The van der Waals surface area contributed by atoms with Gasteiger partial charge in [0.1, 0.15) is 5.82 Å². The maximum absolute atomic E-state index is 12.0. The minimum Gasteiger partial charge on any atom is -0.459 e. The fourth-order valence-electron chi connectivity index (χ4n) is 2.37. The molecule has 3 heterocycles. The van der Waals surface area contributed by atoms with Crippen LogP contribution < -0.4 is 5.32 Å². The van der Waals surface area contributed by atoms with Gasteiger partial charge in [0.25, 0.3) is 5.91 Å². The zero-order valence-electron chi connectivity index (χ0n) is 12.3. The number of nitrogens with zero attached hydrogens (tertiary/aromatic N) is 1. The highest BCUT2D eigenvalue weighted by atomic mass is 32.1. The van der Waals surface area contributed by atoms with E-state index in [9.17, 15) is 4.79 Å². The summed E-state index contributed by atoms with van der Waals surface area (Å²) in [6.45, 7) is 2.07. The summed E-state index contributed by atoms with van der Waals surface area (Å²) in [5.41, 5.74) is 2.43. The van der Waals surface area contributed by atoms with Crippen LogP contribution in [0.25, 0.3) is 21.7 Å². The predicted octanol–water partition coefficient (Wildman–Crippen LogP) is 4.45. The van der Waals surface area contributed by atoms with Crippen molar-refractivity contribution in [2.45, 2.75) is 6.92 Å². The zero-order valence-corrected chi connectivity index (χ0v) is 13.1. The third-order valence-electron chi connectivity index (χ3n) is 3.46. The Bertz CT molecular complexity index is 983. The highest BCUT2D eigenvalue weighted by Crippen LogP contribution is 2.28. The molecule has 114 valence electrons. The lowest BCUT2D eigenvalue weighted by Crippen LogP contribution is -2.10. The lowest BCUT2D eigenvalue weighted by molar-refractivity contribution is 0.0996. The summed E-state index contributed by atoms with van der Waals surface area (Å²) in [4.78, 5) is 22.2. The Morgan fingerprint density at radius 1 is 1.26 bits per heavy atom. The molecule has 0 atom stereocenters. The summed E-state index contributed by atoms with van der Waals surface area (Å²) in [5.74, 6) is 0.847. The first-order valence-corrected chi connectivity index (χ1v) is 7.92. The number of thiophene rings is 1. The van der Waals surface area contributed by atoms with E-state index in [-0.39, 0.29) is 11.7 Å². The minimum atomic E-state index is -0.275. The zero-order chi connectivity index (χ0) is 15.8. The van der Waals surface area contributed by atoms with E-state index in [4.69, 9.17) is 4.42 Å². The van der Waals surface area contributed by atoms with Crippen molar-refractivity contribution in [3.8, 4) is 10.7 Å². The largest absolute Gasteiger partial charge is 0.459 e. The molecule has 4 aromatic rings. The maximum Gasteiger partial charge on any atom is 0.291 e. The van der Waals surface area contributed by atoms with E-state index in [1.165, 1.54) is 11.1 Å². The minimum absolute atomic E-state index is 0.275. The number of aryl methyl sites for hydroxylation is 1. The second-order valence-electron chi connectivity index (χ2n) is 5.16. The molecule has 0 unspecified atom stereocenters. The van der Waals surface area contributed by atoms with Crippen molar-refractivity contribution in [3.05, 3.63) is 59.4 Å². The van der Waals surface area contributed by atoms with E-state index in [0.717, 1.165) is 21.7 Å². The third kappa shape index (κ3) is 2.64. The Kier molecular flexibility index (Phi) is 3.24. The molecule has 1 amide bonds. The highest BCUT2D eigenvalue weighted by Gasteiger charge is 2.11. The normalized spacial score (nSPS) is 11.0. The Morgan fingerprint density at radius 3 is 2.91 bits per heavy atom. The summed E-state index contributed by atoms with van der Waals surface area (Å²) >= 11 is 1.69. The molecule has 4 rings (SSSR count).